The van der Waals surface area contributed by atoms with Gasteiger partial charge in [0.1, 0.15) is 5.69 Å². The number of amides is 1. The molecule has 5 heteroatoms. The molecule has 1 heterocycles. The van der Waals surface area contributed by atoms with Gasteiger partial charge in [0, 0.05) is 19.3 Å². The molecule has 0 radical (unpaired) electrons. The van der Waals surface area contributed by atoms with E-state index in [1.165, 1.54) is 0 Å². The SMILES string of the molecule is CC(C)CN(CCCN)C(=O)c1ccn[nH]1. The summed E-state index contributed by atoms with van der Waals surface area (Å²) in [5.74, 6) is 0.448. The van der Waals surface area contributed by atoms with E-state index in [1.54, 1.807) is 12.3 Å². The second-order valence-electron chi connectivity index (χ2n) is 4.26. The van der Waals surface area contributed by atoms with Crippen LogP contribution in [0.2, 0.25) is 0 Å². The van der Waals surface area contributed by atoms with Gasteiger partial charge in [0.25, 0.3) is 5.91 Å². The lowest BCUT2D eigenvalue weighted by molar-refractivity contribution is 0.0729. The first-order chi connectivity index (χ1) is 7.65. The van der Waals surface area contributed by atoms with Crippen molar-refractivity contribution in [2.45, 2.75) is 20.3 Å². The number of aromatic amines is 1. The third kappa shape index (κ3) is 3.66. The monoisotopic (exact) mass is 224 g/mol. The van der Waals surface area contributed by atoms with Gasteiger partial charge in [-0.2, -0.15) is 5.10 Å². The third-order valence-corrected chi connectivity index (χ3v) is 2.24. The fourth-order valence-electron chi connectivity index (χ4n) is 1.54. The van der Waals surface area contributed by atoms with Gasteiger partial charge in [-0.1, -0.05) is 13.8 Å². The summed E-state index contributed by atoms with van der Waals surface area (Å²) in [5.41, 5.74) is 6.01. The maximum atomic E-state index is 12.1. The first kappa shape index (κ1) is 12.7. The van der Waals surface area contributed by atoms with Gasteiger partial charge in [0.2, 0.25) is 0 Å². The summed E-state index contributed by atoms with van der Waals surface area (Å²) in [6.07, 6.45) is 2.41. The zero-order valence-electron chi connectivity index (χ0n) is 9.94. The van der Waals surface area contributed by atoms with Crippen molar-refractivity contribution in [3.05, 3.63) is 18.0 Å². The molecule has 1 amide bonds. The van der Waals surface area contributed by atoms with Crippen molar-refractivity contribution in [2.75, 3.05) is 19.6 Å². The number of rotatable bonds is 6. The van der Waals surface area contributed by atoms with E-state index >= 15 is 0 Å². The minimum atomic E-state index is -0.000324. The quantitative estimate of drug-likeness (QED) is 0.752. The number of nitrogens with zero attached hydrogens (tertiary/aromatic N) is 2. The molecule has 0 spiro atoms. The predicted molar refractivity (Wildman–Crippen MR) is 63.0 cm³/mol. The number of hydrogen-bond donors (Lipinski definition) is 2. The van der Waals surface area contributed by atoms with Crippen LogP contribution in [0.1, 0.15) is 30.8 Å². The van der Waals surface area contributed by atoms with Gasteiger partial charge in [-0.3, -0.25) is 9.89 Å². The van der Waals surface area contributed by atoms with Gasteiger partial charge in [-0.05, 0) is 24.9 Å². The summed E-state index contributed by atoms with van der Waals surface area (Å²) in [6.45, 7) is 6.24. The predicted octanol–water partition coefficient (Wildman–Crippen LogP) is 0.857. The fourth-order valence-corrected chi connectivity index (χ4v) is 1.54. The Balaban J connectivity index is 2.64. The van der Waals surface area contributed by atoms with Crippen LogP contribution in [0.5, 0.6) is 0 Å². The average Bonchev–Trinajstić information content (AvgIpc) is 2.76. The molecule has 1 aromatic rings. The Morgan fingerprint density at radius 2 is 2.38 bits per heavy atom. The van der Waals surface area contributed by atoms with Gasteiger partial charge in [-0.25, -0.2) is 0 Å². The summed E-state index contributed by atoms with van der Waals surface area (Å²) in [6, 6.07) is 1.69. The van der Waals surface area contributed by atoms with Crippen LogP contribution in [0.4, 0.5) is 0 Å². The highest BCUT2D eigenvalue weighted by Gasteiger charge is 2.17. The lowest BCUT2D eigenvalue weighted by Gasteiger charge is -2.23. The molecule has 0 bridgehead atoms. The largest absolute Gasteiger partial charge is 0.337 e. The number of nitrogens with two attached hydrogens (primary N) is 1. The van der Waals surface area contributed by atoms with E-state index in [-0.39, 0.29) is 5.91 Å². The normalized spacial score (nSPS) is 10.8. The number of nitrogens with one attached hydrogen (secondary N) is 1. The maximum Gasteiger partial charge on any atom is 0.271 e. The number of carbonyl (C=O) groups is 1. The Morgan fingerprint density at radius 1 is 1.62 bits per heavy atom. The second-order valence-corrected chi connectivity index (χ2v) is 4.26. The van der Waals surface area contributed by atoms with Crippen LogP contribution in [-0.2, 0) is 0 Å². The molecule has 3 N–H and O–H groups in total. The van der Waals surface area contributed by atoms with Gasteiger partial charge in [0.15, 0.2) is 0 Å². The number of carbonyl (C=O) groups excluding carboxylic acids is 1. The minimum absolute atomic E-state index is 0.000324. The molecule has 0 atom stereocenters. The molecule has 5 nitrogen and oxygen atoms in total. The average molecular weight is 224 g/mol. The smallest absolute Gasteiger partial charge is 0.271 e. The van der Waals surface area contributed by atoms with Crippen molar-refractivity contribution in [2.24, 2.45) is 11.7 Å². The van der Waals surface area contributed by atoms with E-state index in [0.29, 0.717) is 24.7 Å². The lowest BCUT2D eigenvalue weighted by atomic mass is 10.2. The van der Waals surface area contributed by atoms with E-state index < -0.39 is 0 Å². The lowest BCUT2D eigenvalue weighted by Crippen LogP contribution is -2.36. The molecule has 16 heavy (non-hydrogen) atoms. The molecule has 0 saturated heterocycles. The van der Waals surface area contributed by atoms with Gasteiger partial charge < -0.3 is 10.6 Å². The van der Waals surface area contributed by atoms with Crippen LogP contribution in [0.15, 0.2) is 12.3 Å². The van der Waals surface area contributed by atoms with Gasteiger partial charge >= 0.3 is 0 Å². The highest BCUT2D eigenvalue weighted by molar-refractivity contribution is 5.92. The van der Waals surface area contributed by atoms with Gasteiger partial charge in [0.05, 0.1) is 0 Å². The van der Waals surface area contributed by atoms with Crippen molar-refractivity contribution in [1.82, 2.24) is 15.1 Å². The third-order valence-electron chi connectivity index (χ3n) is 2.24. The molecule has 90 valence electrons. The van der Waals surface area contributed by atoms with Crippen molar-refractivity contribution in [3.63, 3.8) is 0 Å². The topological polar surface area (TPSA) is 75.0 Å². The van der Waals surface area contributed by atoms with E-state index in [9.17, 15) is 4.79 Å². The van der Waals surface area contributed by atoms with Crippen molar-refractivity contribution in [3.8, 4) is 0 Å². The van der Waals surface area contributed by atoms with E-state index in [2.05, 4.69) is 24.0 Å². The molecule has 0 aliphatic rings. The summed E-state index contributed by atoms with van der Waals surface area (Å²) >= 11 is 0. The summed E-state index contributed by atoms with van der Waals surface area (Å²) in [5, 5.41) is 6.48. The Labute approximate surface area is 96.0 Å². The van der Waals surface area contributed by atoms with Crippen molar-refractivity contribution in [1.29, 1.82) is 0 Å². The van der Waals surface area contributed by atoms with Crippen LogP contribution >= 0.6 is 0 Å². The summed E-state index contributed by atoms with van der Waals surface area (Å²) in [4.78, 5) is 13.9. The van der Waals surface area contributed by atoms with Crippen molar-refractivity contribution >= 4 is 5.91 Å². The molecule has 0 saturated carbocycles. The number of aromatic nitrogens is 2. The van der Waals surface area contributed by atoms with Crippen LogP contribution in [-0.4, -0.2) is 40.6 Å². The molecule has 0 aliphatic carbocycles. The Bertz CT molecular complexity index is 308. The first-order valence-corrected chi connectivity index (χ1v) is 5.64. The molecular formula is C11H20N4O. The zero-order chi connectivity index (χ0) is 12.0. The van der Waals surface area contributed by atoms with E-state index in [0.717, 1.165) is 13.0 Å². The molecule has 0 fully saturated rings. The maximum absolute atomic E-state index is 12.1. The Hall–Kier alpha value is -1.36. The molecule has 1 aromatic heterocycles. The molecular weight excluding hydrogens is 204 g/mol. The van der Waals surface area contributed by atoms with Crippen molar-refractivity contribution < 1.29 is 4.79 Å². The van der Waals surface area contributed by atoms with E-state index in [1.807, 2.05) is 4.90 Å². The standard InChI is InChI=1S/C11H20N4O/c1-9(2)8-15(7-3-5-12)11(16)10-4-6-13-14-10/h4,6,9H,3,5,7-8,12H2,1-2H3,(H,13,14). The first-order valence-electron chi connectivity index (χ1n) is 5.64. The molecule has 1 rings (SSSR count). The minimum Gasteiger partial charge on any atom is -0.337 e. The highest BCUT2D eigenvalue weighted by Crippen LogP contribution is 2.05. The zero-order valence-corrected chi connectivity index (χ0v) is 9.94. The summed E-state index contributed by atoms with van der Waals surface area (Å²) < 4.78 is 0. The summed E-state index contributed by atoms with van der Waals surface area (Å²) in [7, 11) is 0. The van der Waals surface area contributed by atoms with E-state index in [4.69, 9.17) is 5.73 Å². The molecule has 0 unspecified atom stereocenters. The Morgan fingerprint density at radius 3 is 2.88 bits per heavy atom. The van der Waals surface area contributed by atoms with Gasteiger partial charge in [-0.15, -0.1) is 0 Å². The fraction of sp³-hybridized carbons (Fsp3) is 0.636. The number of hydrogen-bond acceptors (Lipinski definition) is 3. The van der Waals surface area contributed by atoms with Crippen LogP contribution in [0, 0.1) is 5.92 Å². The Kier molecular flexibility index (Phi) is 4.98. The number of H-pyrrole nitrogens is 1. The molecule has 0 aliphatic heterocycles. The second kappa shape index (κ2) is 6.27. The van der Waals surface area contributed by atoms with Crippen LogP contribution < -0.4 is 5.73 Å². The van der Waals surface area contributed by atoms with Crippen LogP contribution in [0.25, 0.3) is 0 Å². The highest BCUT2D eigenvalue weighted by atomic mass is 16.2. The molecule has 0 aromatic carbocycles. The van der Waals surface area contributed by atoms with Crippen LogP contribution in [0.3, 0.4) is 0 Å².